The number of sulfonamides is 1. The number of rotatable bonds is 12. The molecule has 0 atom stereocenters. The fraction of sp³-hybridized carbons (Fsp3) is 0.625. The summed E-state index contributed by atoms with van der Waals surface area (Å²) in [6.45, 7) is 3.30. The molecule has 22 heavy (non-hydrogen) atoms. The molecule has 0 saturated carbocycles. The second kappa shape index (κ2) is 10.5. The van der Waals surface area contributed by atoms with Gasteiger partial charge in [0, 0.05) is 0 Å². The van der Waals surface area contributed by atoms with Crippen LogP contribution < -0.4 is 15.2 Å². The Balaban J connectivity index is 2.42. The van der Waals surface area contributed by atoms with Crippen molar-refractivity contribution in [3.8, 4) is 5.75 Å². The molecule has 0 aliphatic carbocycles. The fourth-order valence-corrected chi connectivity index (χ4v) is 3.15. The Hall–Kier alpha value is -1.27. The van der Waals surface area contributed by atoms with Gasteiger partial charge in [0.1, 0.15) is 5.75 Å². The maximum Gasteiger partial charge on any atom is 0.232 e. The molecule has 0 fully saturated rings. The van der Waals surface area contributed by atoms with Crippen LogP contribution in [0.5, 0.6) is 5.75 Å². The highest BCUT2D eigenvalue weighted by molar-refractivity contribution is 7.92. The molecule has 0 aromatic heterocycles. The van der Waals surface area contributed by atoms with Gasteiger partial charge >= 0.3 is 0 Å². The smallest absolute Gasteiger partial charge is 0.232 e. The van der Waals surface area contributed by atoms with Gasteiger partial charge in [0.2, 0.25) is 10.0 Å². The van der Waals surface area contributed by atoms with Crippen molar-refractivity contribution in [3.63, 3.8) is 0 Å². The molecule has 0 bridgehead atoms. The molecule has 6 heteroatoms. The van der Waals surface area contributed by atoms with E-state index in [2.05, 4.69) is 10.8 Å². The molecule has 0 saturated heterocycles. The monoisotopic (exact) mass is 327 g/mol. The van der Waals surface area contributed by atoms with Gasteiger partial charge in [0.05, 0.1) is 24.1 Å². The summed E-state index contributed by atoms with van der Waals surface area (Å²) in [5, 5.41) is 0. The van der Waals surface area contributed by atoms with Crippen LogP contribution >= 0.6 is 0 Å². The van der Waals surface area contributed by atoms with Crippen LogP contribution in [0.25, 0.3) is 0 Å². The zero-order valence-corrected chi connectivity index (χ0v) is 14.1. The highest BCUT2D eigenvalue weighted by Crippen LogP contribution is 2.18. The van der Waals surface area contributed by atoms with Crippen LogP contribution in [0.3, 0.4) is 0 Å². The molecule has 0 heterocycles. The van der Waals surface area contributed by atoms with E-state index in [-0.39, 0.29) is 5.75 Å². The number of nitrogens with one attached hydrogen (secondary N) is 1. The van der Waals surface area contributed by atoms with Crippen LogP contribution in [0.1, 0.15) is 45.4 Å². The van der Waals surface area contributed by atoms with E-state index in [4.69, 9.17) is 10.5 Å². The summed E-state index contributed by atoms with van der Waals surface area (Å²) in [6.07, 6.45) is 5.69. The first-order chi connectivity index (χ1) is 10.6. The van der Waals surface area contributed by atoms with Crippen molar-refractivity contribution in [2.75, 3.05) is 23.6 Å². The first kappa shape index (κ1) is 18.8. The van der Waals surface area contributed by atoms with Crippen LogP contribution in [0.15, 0.2) is 18.2 Å². The third-order valence-corrected chi connectivity index (χ3v) is 4.51. The average molecular weight is 327 g/mol. The summed E-state index contributed by atoms with van der Waals surface area (Å²) in [4.78, 5) is 0. The molecule has 0 aliphatic heterocycles. The molecule has 1 aromatic carbocycles. The molecule has 0 aliphatic rings. The van der Waals surface area contributed by atoms with Gasteiger partial charge in [-0.3, -0.25) is 4.72 Å². The summed E-state index contributed by atoms with van der Waals surface area (Å²) in [5.74, 6) is 0.693. The van der Waals surface area contributed by atoms with Gasteiger partial charge in [-0.25, -0.2) is 8.42 Å². The highest BCUT2D eigenvalue weighted by Gasteiger charge is 2.10. The van der Waals surface area contributed by atoms with Crippen LogP contribution in [0.2, 0.25) is 0 Å². The number of benzene rings is 1. The number of hydrogen-bond acceptors (Lipinski definition) is 4. The largest absolute Gasteiger partial charge is 0.493 e. The van der Waals surface area contributed by atoms with Gasteiger partial charge in [-0.15, -0.1) is 0 Å². The summed E-state index contributed by atoms with van der Waals surface area (Å²) in [7, 11) is -3.30. The standard InChI is InChI=1S/C16H27N2O3S/c1-2-3-13-22(19,20)18-15-9-8-10-16(14-15)21-12-7-5-4-6-11-17/h8-10,18H,2-7,11-13,17H2,1H3. The van der Waals surface area contributed by atoms with E-state index in [9.17, 15) is 8.42 Å². The minimum atomic E-state index is -3.30. The van der Waals surface area contributed by atoms with Crippen LogP contribution in [0, 0.1) is 6.07 Å². The Morgan fingerprint density at radius 1 is 1.18 bits per heavy atom. The van der Waals surface area contributed by atoms with Crippen molar-refractivity contribution in [1.29, 1.82) is 0 Å². The molecule has 3 N–H and O–H groups in total. The highest BCUT2D eigenvalue weighted by atomic mass is 32.2. The van der Waals surface area contributed by atoms with Crippen LogP contribution in [0.4, 0.5) is 5.69 Å². The molecule has 125 valence electrons. The molecular formula is C16H27N2O3S. The lowest BCUT2D eigenvalue weighted by Gasteiger charge is -2.10. The van der Waals surface area contributed by atoms with E-state index < -0.39 is 10.0 Å². The van der Waals surface area contributed by atoms with Crippen molar-refractivity contribution in [2.45, 2.75) is 45.4 Å². The molecular weight excluding hydrogens is 300 g/mol. The van der Waals surface area contributed by atoms with Crippen molar-refractivity contribution >= 4 is 15.7 Å². The van der Waals surface area contributed by atoms with Crippen molar-refractivity contribution in [3.05, 3.63) is 24.3 Å². The maximum atomic E-state index is 11.8. The predicted molar refractivity (Wildman–Crippen MR) is 90.6 cm³/mol. The van der Waals surface area contributed by atoms with E-state index in [0.29, 0.717) is 24.5 Å². The minimum absolute atomic E-state index is 0.129. The van der Waals surface area contributed by atoms with Crippen molar-refractivity contribution in [1.82, 2.24) is 0 Å². The molecule has 0 amide bonds. The number of ether oxygens (including phenoxy) is 1. The Bertz CT molecular complexity index is 518. The van der Waals surface area contributed by atoms with E-state index in [1.165, 1.54) is 0 Å². The molecule has 0 unspecified atom stereocenters. The molecule has 1 radical (unpaired) electrons. The Morgan fingerprint density at radius 2 is 1.95 bits per heavy atom. The second-order valence-electron chi connectivity index (χ2n) is 5.25. The number of nitrogens with two attached hydrogens (primary N) is 1. The third-order valence-electron chi connectivity index (χ3n) is 3.16. The Labute approximate surface area is 134 Å². The van der Waals surface area contributed by atoms with Crippen molar-refractivity contribution < 1.29 is 13.2 Å². The molecule has 0 spiro atoms. The minimum Gasteiger partial charge on any atom is -0.493 e. The zero-order valence-electron chi connectivity index (χ0n) is 13.3. The summed E-state index contributed by atoms with van der Waals surface area (Å²) in [5.41, 5.74) is 5.87. The maximum absolute atomic E-state index is 11.8. The molecule has 5 nitrogen and oxygen atoms in total. The fourth-order valence-electron chi connectivity index (χ4n) is 1.93. The second-order valence-corrected chi connectivity index (χ2v) is 7.10. The lowest BCUT2D eigenvalue weighted by Crippen LogP contribution is -2.16. The van der Waals surface area contributed by atoms with Crippen molar-refractivity contribution in [2.24, 2.45) is 5.73 Å². The first-order valence-corrected chi connectivity index (χ1v) is 9.58. The molecule has 1 rings (SSSR count). The van der Waals surface area contributed by atoms with Crippen LogP contribution in [-0.2, 0) is 10.0 Å². The lowest BCUT2D eigenvalue weighted by atomic mass is 10.2. The van der Waals surface area contributed by atoms with Gasteiger partial charge in [-0.05, 0) is 37.9 Å². The van der Waals surface area contributed by atoms with E-state index in [1.54, 1.807) is 18.2 Å². The topological polar surface area (TPSA) is 81.4 Å². The number of unbranched alkanes of at least 4 members (excludes halogenated alkanes) is 4. The average Bonchev–Trinajstić information content (AvgIpc) is 2.49. The van der Waals surface area contributed by atoms with Gasteiger partial charge in [-0.1, -0.05) is 32.3 Å². The van der Waals surface area contributed by atoms with Crippen LogP contribution in [-0.4, -0.2) is 27.3 Å². The van der Waals surface area contributed by atoms with Gasteiger partial charge < -0.3 is 10.5 Å². The van der Waals surface area contributed by atoms with E-state index in [1.807, 2.05) is 6.92 Å². The number of hydrogen-bond donors (Lipinski definition) is 2. The van der Waals surface area contributed by atoms with E-state index in [0.717, 1.165) is 38.6 Å². The van der Waals surface area contributed by atoms with E-state index >= 15 is 0 Å². The number of anilines is 1. The molecule has 1 aromatic rings. The van der Waals surface area contributed by atoms with Gasteiger partial charge in [0.25, 0.3) is 0 Å². The zero-order chi connectivity index (χ0) is 16.3. The van der Waals surface area contributed by atoms with Gasteiger partial charge in [-0.2, -0.15) is 0 Å². The lowest BCUT2D eigenvalue weighted by molar-refractivity contribution is 0.304. The SMILES string of the molecule is CCCCS(=O)(=O)Nc1[c]c(OCCCCCCN)ccc1. The predicted octanol–water partition coefficient (Wildman–Crippen LogP) is 2.93. The summed E-state index contributed by atoms with van der Waals surface area (Å²) in [6, 6.07) is 8.17. The Kier molecular flexibility index (Phi) is 8.92. The quantitative estimate of drug-likeness (QED) is 0.578. The summed E-state index contributed by atoms with van der Waals surface area (Å²) < 4.78 is 31.8. The van der Waals surface area contributed by atoms with Gasteiger partial charge in [0.15, 0.2) is 0 Å². The Morgan fingerprint density at radius 3 is 2.68 bits per heavy atom. The summed E-state index contributed by atoms with van der Waals surface area (Å²) >= 11 is 0. The third kappa shape index (κ3) is 8.24. The first-order valence-electron chi connectivity index (χ1n) is 7.93. The normalized spacial score (nSPS) is 11.4.